The lowest BCUT2D eigenvalue weighted by molar-refractivity contribution is -0.129. The standard InChI is InChI=1S/C29H52O.C2H6/c1-7-21(19(2)3)9-8-20(4)25-12-13-26-24-11-10-22-18-23(30)14-16-28(22,5)27(24)15-17-29(25,26)6;1-2/h19-27,30H,7-18H2,1-6H3;1-2H3. The van der Waals surface area contributed by atoms with Crippen LogP contribution in [-0.4, -0.2) is 11.2 Å². The van der Waals surface area contributed by atoms with Crippen LogP contribution in [0.25, 0.3) is 0 Å². The van der Waals surface area contributed by atoms with Gasteiger partial charge in [0.05, 0.1) is 6.10 Å². The summed E-state index contributed by atoms with van der Waals surface area (Å²) < 4.78 is 0. The van der Waals surface area contributed by atoms with Crippen LogP contribution in [0.2, 0.25) is 0 Å². The average molecular weight is 447 g/mol. The highest BCUT2D eigenvalue weighted by atomic mass is 16.3. The van der Waals surface area contributed by atoms with Crippen molar-refractivity contribution in [3.05, 3.63) is 0 Å². The summed E-state index contributed by atoms with van der Waals surface area (Å²) >= 11 is 0. The molecular formula is C31H58O. The number of hydrogen-bond donors (Lipinski definition) is 1. The Bertz CT molecular complexity index is 583. The molecule has 4 aliphatic carbocycles. The third kappa shape index (κ3) is 4.72. The van der Waals surface area contributed by atoms with Gasteiger partial charge in [0.25, 0.3) is 0 Å². The second-order valence-electron chi connectivity index (χ2n) is 13.3. The molecule has 0 aromatic carbocycles. The van der Waals surface area contributed by atoms with Gasteiger partial charge < -0.3 is 5.11 Å². The third-order valence-electron chi connectivity index (χ3n) is 11.9. The summed E-state index contributed by atoms with van der Waals surface area (Å²) in [5, 5.41) is 10.3. The van der Waals surface area contributed by atoms with E-state index >= 15 is 0 Å². The summed E-state index contributed by atoms with van der Waals surface area (Å²) in [7, 11) is 0. The predicted molar refractivity (Wildman–Crippen MR) is 140 cm³/mol. The molecule has 4 aliphatic rings. The van der Waals surface area contributed by atoms with E-state index in [0.29, 0.717) is 10.8 Å². The van der Waals surface area contributed by atoms with Crippen molar-refractivity contribution in [2.24, 2.45) is 58.2 Å². The maximum atomic E-state index is 10.3. The van der Waals surface area contributed by atoms with Gasteiger partial charge in [0.15, 0.2) is 0 Å². The first kappa shape index (κ1) is 26.6. The van der Waals surface area contributed by atoms with Crippen molar-refractivity contribution in [3.63, 3.8) is 0 Å². The number of rotatable bonds is 6. The van der Waals surface area contributed by atoms with Crippen LogP contribution in [0.5, 0.6) is 0 Å². The lowest BCUT2D eigenvalue weighted by Crippen LogP contribution is -2.54. The highest BCUT2D eigenvalue weighted by Crippen LogP contribution is 2.68. The maximum absolute atomic E-state index is 10.3. The Morgan fingerprint density at radius 2 is 1.47 bits per heavy atom. The molecule has 0 amide bonds. The Labute approximate surface area is 201 Å². The molecule has 4 rings (SSSR count). The molecule has 10 unspecified atom stereocenters. The normalized spacial score (nSPS) is 45.2. The highest BCUT2D eigenvalue weighted by molar-refractivity contribution is 5.09. The van der Waals surface area contributed by atoms with Gasteiger partial charge in [-0.15, -0.1) is 0 Å². The topological polar surface area (TPSA) is 20.2 Å². The SMILES string of the molecule is CC.CCC(CCC(C)C1CCC2C3CCC4CC(O)CCC4(C)C3CCC12C)C(C)C. The molecule has 0 aliphatic heterocycles. The van der Waals surface area contributed by atoms with Crippen molar-refractivity contribution in [1.82, 2.24) is 0 Å². The van der Waals surface area contributed by atoms with Crippen LogP contribution in [0.1, 0.15) is 132 Å². The highest BCUT2D eigenvalue weighted by Gasteiger charge is 2.60. The Hall–Kier alpha value is -0.0400. The molecule has 1 heteroatoms. The number of aliphatic hydroxyl groups is 1. The Kier molecular flexibility index (Phi) is 8.88. The van der Waals surface area contributed by atoms with Gasteiger partial charge in [0, 0.05) is 0 Å². The zero-order valence-corrected chi connectivity index (χ0v) is 23.1. The molecule has 0 heterocycles. The lowest BCUT2D eigenvalue weighted by Gasteiger charge is -2.61. The van der Waals surface area contributed by atoms with Gasteiger partial charge in [-0.3, -0.25) is 0 Å². The van der Waals surface area contributed by atoms with E-state index in [1.807, 2.05) is 13.8 Å². The quantitative estimate of drug-likeness (QED) is 0.431. The minimum atomic E-state index is -0.0111. The molecule has 10 atom stereocenters. The van der Waals surface area contributed by atoms with E-state index in [9.17, 15) is 5.11 Å². The van der Waals surface area contributed by atoms with E-state index in [1.165, 1.54) is 64.2 Å². The minimum absolute atomic E-state index is 0.0111. The fourth-order valence-electron chi connectivity index (χ4n) is 9.90. The zero-order valence-electron chi connectivity index (χ0n) is 23.1. The fourth-order valence-corrected chi connectivity index (χ4v) is 9.90. The van der Waals surface area contributed by atoms with Crippen LogP contribution in [0.15, 0.2) is 0 Å². The van der Waals surface area contributed by atoms with Gasteiger partial charge in [-0.1, -0.05) is 68.2 Å². The van der Waals surface area contributed by atoms with Crippen molar-refractivity contribution in [2.45, 2.75) is 139 Å². The van der Waals surface area contributed by atoms with Crippen LogP contribution >= 0.6 is 0 Å². The van der Waals surface area contributed by atoms with Crippen molar-refractivity contribution < 1.29 is 5.11 Å². The van der Waals surface area contributed by atoms with Gasteiger partial charge in [-0.2, -0.15) is 0 Å². The molecule has 4 fully saturated rings. The molecule has 1 N–H and O–H groups in total. The smallest absolute Gasteiger partial charge is 0.0543 e. The fraction of sp³-hybridized carbons (Fsp3) is 1.00. The molecule has 32 heavy (non-hydrogen) atoms. The molecule has 0 aromatic heterocycles. The van der Waals surface area contributed by atoms with E-state index in [2.05, 4.69) is 41.5 Å². The number of aliphatic hydroxyl groups excluding tert-OH is 1. The van der Waals surface area contributed by atoms with Crippen molar-refractivity contribution in [1.29, 1.82) is 0 Å². The minimum Gasteiger partial charge on any atom is -0.393 e. The molecule has 0 aromatic rings. The number of fused-ring (bicyclic) bond motifs is 5. The Morgan fingerprint density at radius 1 is 0.812 bits per heavy atom. The summed E-state index contributed by atoms with van der Waals surface area (Å²) in [6.45, 7) is 19.2. The van der Waals surface area contributed by atoms with Gasteiger partial charge in [-0.05, 0) is 122 Å². The van der Waals surface area contributed by atoms with Crippen molar-refractivity contribution >= 4 is 0 Å². The second kappa shape index (κ2) is 10.7. The van der Waals surface area contributed by atoms with Crippen LogP contribution in [0, 0.1) is 58.2 Å². The third-order valence-corrected chi connectivity index (χ3v) is 11.9. The van der Waals surface area contributed by atoms with Crippen LogP contribution in [0.3, 0.4) is 0 Å². The largest absolute Gasteiger partial charge is 0.393 e. The number of hydrogen-bond acceptors (Lipinski definition) is 1. The average Bonchev–Trinajstić information content (AvgIpc) is 3.13. The molecule has 0 radical (unpaired) electrons. The van der Waals surface area contributed by atoms with E-state index in [1.54, 1.807) is 0 Å². The molecule has 0 bridgehead atoms. The molecular weight excluding hydrogens is 388 g/mol. The van der Waals surface area contributed by atoms with E-state index in [-0.39, 0.29) is 6.10 Å². The van der Waals surface area contributed by atoms with Gasteiger partial charge in [-0.25, -0.2) is 0 Å². The van der Waals surface area contributed by atoms with Gasteiger partial charge in [0.1, 0.15) is 0 Å². The monoisotopic (exact) mass is 446 g/mol. The van der Waals surface area contributed by atoms with Crippen LogP contribution in [0.4, 0.5) is 0 Å². The first-order chi connectivity index (χ1) is 15.2. The second-order valence-corrected chi connectivity index (χ2v) is 13.3. The molecule has 0 saturated heterocycles. The van der Waals surface area contributed by atoms with E-state index < -0.39 is 0 Å². The summed E-state index contributed by atoms with van der Waals surface area (Å²) in [5.74, 6) is 7.34. The van der Waals surface area contributed by atoms with Crippen LogP contribution < -0.4 is 0 Å². The Morgan fingerprint density at radius 3 is 2.12 bits per heavy atom. The Balaban J connectivity index is 0.00000141. The van der Waals surface area contributed by atoms with Crippen LogP contribution in [-0.2, 0) is 0 Å². The predicted octanol–water partition coefficient (Wildman–Crippen LogP) is 9.13. The molecule has 188 valence electrons. The van der Waals surface area contributed by atoms with E-state index in [4.69, 9.17) is 0 Å². The summed E-state index contributed by atoms with van der Waals surface area (Å²) in [6.07, 6.45) is 16.5. The van der Waals surface area contributed by atoms with Crippen molar-refractivity contribution in [3.8, 4) is 0 Å². The van der Waals surface area contributed by atoms with Gasteiger partial charge in [0.2, 0.25) is 0 Å². The zero-order chi connectivity index (χ0) is 23.7. The van der Waals surface area contributed by atoms with E-state index in [0.717, 1.165) is 60.2 Å². The summed E-state index contributed by atoms with van der Waals surface area (Å²) in [5.41, 5.74) is 1.14. The summed E-state index contributed by atoms with van der Waals surface area (Å²) in [4.78, 5) is 0. The first-order valence-electron chi connectivity index (χ1n) is 14.9. The maximum Gasteiger partial charge on any atom is 0.0543 e. The molecule has 4 saturated carbocycles. The molecule has 1 nitrogen and oxygen atoms in total. The van der Waals surface area contributed by atoms with Gasteiger partial charge >= 0.3 is 0 Å². The lowest BCUT2D eigenvalue weighted by atomic mass is 9.44. The molecule has 0 spiro atoms. The summed E-state index contributed by atoms with van der Waals surface area (Å²) in [6, 6.07) is 0. The van der Waals surface area contributed by atoms with Crippen molar-refractivity contribution in [2.75, 3.05) is 0 Å². The first-order valence-corrected chi connectivity index (χ1v) is 14.9.